The summed E-state index contributed by atoms with van der Waals surface area (Å²) in [5.74, 6) is 0.791. The van der Waals surface area contributed by atoms with Crippen molar-refractivity contribution >= 4 is 35.5 Å². The van der Waals surface area contributed by atoms with E-state index in [4.69, 9.17) is 15.0 Å². The molecule has 0 bridgehead atoms. The van der Waals surface area contributed by atoms with Crippen LogP contribution in [0.5, 0.6) is 0 Å². The number of hydrogen-bond donors (Lipinski definition) is 5. The second-order valence-electron chi connectivity index (χ2n) is 6.64. The predicted molar refractivity (Wildman–Crippen MR) is 104 cm³/mol. The SMILES string of the molecule is CCCCCc1nc(N)c2ncn([C@@H]3O[C@H](COP(O)(O)=S)[C@@H](O)[C@H]3O)c2n1. The Morgan fingerprint density at radius 3 is 2.71 bits per heavy atom. The van der Waals surface area contributed by atoms with E-state index in [1.165, 1.54) is 10.9 Å². The molecule has 0 radical (unpaired) electrons. The lowest BCUT2D eigenvalue weighted by Crippen LogP contribution is -2.33. The lowest BCUT2D eigenvalue weighted by Gasteiger charge is -2.17. The normalized spacial score (nSPS) is 25.6. The maximum Gasteiger partial charge on any atom is 0.321 e. The molecule has 3 heterocycles. The molecule has 3 rings (SSSR count). The molecule has 2 aromatic rings. The summed E-state index contributed by atoms with van der Waals surface area (Å²) in [5.41, 5.74) is 6.74. The second kappa shape index (κ2) is 8.64. The summed E-state index contributed by atoms with van der Waals surface area (Å²) >= 11 is 4.39. The number of nitrogens with zero attached hydrogens (tertiary/aromatic N) is 4. The van der Waals surface area contributed by atoms with Gasteiger partial charge in [0.25, 0.3) is 0 Å². The topological polar surface area (TPSA) is 169 Å². The van der Waals surface area contributed by atoms with Gasteiger partial charge in [-0.15, -0.1) is 0 Å². The second-order valence-corrected chi connectivity index (χ2v) is 9.31. The summed E-state index contributed by atoms with van der Waals surface area (Å²) in [6, 6.07) is 0. The van der Waals surface area contributed by atoms with Crippen LogP contribution in [0.1, 0.15) is 38.2 Å². The molecule has 156 valence electrons. The van der Waals surface area contributed by atoms with Crippen molar-refractivity contribution in [3.05, 3.63) is 12.2 Å². The molecule has 1 fully saturated rings. The zero-order chi connectivity index (χ0) is 20.5. The van der Waals surface area contributed by atoms with E-state index in [1.54, 1.807) is 0 Å². The Morgan fingerprint density at radius 1 is 1.29 bits per heavy atom. The molecule has 6 N–H and O–H groups in total. The largest absolute Gasteiger partial charge is 0.387 e. The average molecular weight is 433 g/mol. The number of nitrogens with two attached hydrogens (primary N) is 1. The number of aryl methyl sites for hydroxylation is 1. The number of fused-ring (bicyclic) bond motifs is 1. The fourth-order valence-corrected chi connectivity index (χ4v) is 3.61. The summed E-state index contributed by atoms with van der Waals surface area (Å²) in [6.45, 7) is -2.19. The third-order valence-electron chi connectivity index (χ3n) is 4.52. The van der Waals surface area contributed by atoms with Crippen molar-refractivity contribution in [1.29, 1.82) is 0 Å². The van der Waals surface area contributed by atoms with Gasteiger partial charge in [0, 0.05) is 6.42 Å². The Kier molecular flexibility index (Phi) is 6.62. The van der Waals surface area contributed by atoms with E-state index >= 15 is 0 Å². The van der Waals surface area contributed by atoms with Gasteiger partial charge in [-0.25, -0.2) is 15.0 Å². The summed E-state index contributed by atoms with van der Waals surface area (Å²) < 4.78 is 11.9. The zero-order valence-electron chi connectivity index (χ0n) is 15.2. The van der Waals surface area contributed by atoms with Crippen LogP contribution in [-0.2, 0) is 27.5 Å². The molecule has 1 aliphatic heterocycles. The fraction of sp³-hybridized carbons (Fsp3) is 0.667. The first kappa shape index (κ1) is 21.5. The number of rotatable bonds is 8. The molecule has 28 heavy (non-hydrogen) atoms. The predicted octanol–water partition coefficient (Wildman–Crippen LogP) is -0.0139. The molecular formula is C15H24N5O6PS. The van der Waals surface area contributed by atoms with Crippen molar-refractivity contribution < 1.29 is 29.3 Å². The van der Waals surface area contributed by atoms with Crippen molar-refractivity contribution in [2.24, 2.45) is 0 Å². The molecule has 0 aliphatic carbocycles. The number of aliphatic hydroxyl groups is 2. The highest BCUT2D eigenvalue weighted by atomic mass is 32.5. The van der Waals surface area contributed by atoms with Crippen LogP contribution in [-0.4, -0.2) is 64.4 Å². The van der Waals surface area contributed by atoms with Crippen molar-refractivity contribution in [2.75, 3.05) is 12.3 Å². The van der Waals surface area contributed by atoms with Crippen molar-refractivity contribution in [3.8, 4) is 0 Å². The fourth-order valence-electron chi connectivity index (χ4n) is 3.08. The van der Waals surface area contributed by atoms with Gasteiger partial charge in [-0.1, -0.05) is 19.8 Å². The maximum absolute atomic E-state index is 10.4. The number of imidazole rings is 1. The molecule has 4 atom stereocenters. The molecule has 0 aromatic carbocycles. The summed E-state index contributed by atoms with van der Waals surface area (Å²) in [6.07, 6.45) is 0.417. The first-order valence-electron chi connectivity index (χ1n) is 8.92. The van der Waals surface area contributed by atoms with Crippen molar-refractivity contribution in [2.45, 2.75) is 57.1 Å². The number of hydrogen-bond acceptors (Lipinski definition) is 9. The number of aliphatic hydroxyl groups excluding tert-OH is 2. The van der Waals surface area contributed by atoms with E-state index < -0.39 is 31.3 Å². The molecule has 0 saturated carbocycles. The summed E-state index contributed by atoms with van der Waals surface area (Å²) in [7, 11) is 0. The van der Waals surface area contributed by atoms with E-state index in [0.29, 0.717) is 23.4 Å². The molecule has 0 spiro atoms. The number of anilines is 1. The first-order chi connectivity index (χ1) is 13.2. The molecule has 0 amide bonds. The monoisotopic (exact) mass is 433 g/mol. The Balaban J connectivity index is 1.85. The molecule has 2 aromatic heterocycles. The quantitative estimate of drug-likeness (QED) is 0.280. The van der Waals surface area contributed by atoms with Gasteiger partial charge < -0.3 is 35.0 Å². The van der Waals surface area contributed by atoms with E-state index in [0.717, 1.165) is 19.3 Å². The van der Waals surface area contributed by atoms with Crippen LogP contribution in [0.3, 0.4) is 0 Å². The van der Waals surface area contributed by atoms with Gasteiger partial charge in [-0.3, -0.25) is 4.57 Å². The van der Waals surface area contributed by atoms with E-state index in [-0.39, 0.29) is 12.4 Å². The van der Waals surface area contributed by atoms with Crippen LogP contribution in [0.25, 0.3) is 11.2 Å². The van der Waals surface area contributed by atoms with Crippen molar-refractivity contribution in [1.82, 2.24) is 19.5 Å². The van der Waals surface area contributed by atoms with Gasteiger partial charge in [0.15, 0.2) is 17.7 Å². The highest BCUT2D eigenvalue weighted by Crippen LogP contribution is 2.39. The van der Waals surface area contributed by atoms with E-state index in [2.05, 4.69) is 33.7 Å². The van der Waals surface area contributed by atoms with Crippen LogP contribution in [0.2, 0.25) is 0 Å². The average Bonchev–Trinajstić information content (AvgIpc) is 3.15. The molecule has 1 saturated heterocycles. The van der Waals surface area contributed by atoms with Gasteiger partial charge in [-0.05, 0) is 18.2 Å². The van der Waals surface area contributed by atoms with Gasteiger partial charge in [0.2, 0.25) is 0 Å². The van der Waals surface area contributed by atoms with Crippen LogP contribution in [0.15, 0.2) is 6.33 Å². The Bertz CT molecular complexity index is 876. The molecule has 0 unspecified atom stereocenters. The highest BCUT2D eigenvalue weighted by Gasteiger charge is 2.45. The standard InChI is InChI=1S/C15H24N5O6PS/c1-2-3-4-5-9-18-13(16)10-14(19-9)20(7-17-10)15-12(22)11(21)8(26-15)6-25-27(23,24)28/h7-8,11-12,15,21-22H,2-6H2,1H3,(H2,16,18,19)(H2,23,24,28)/t8-,11-,12-,15-/m1/s1. The van der Waals surface area contributed by atoms with Gasteiger partial charge in [0.1, 0.15) is 29.7 Å². The van der Waals surface area contributed by atoms with Gasteiger partial charge in [0.05, 0.1) is 12.9 Å². The third kappa shape index (κ3) is 4.66. The lowest BCUT2D eigenvalue weighted by molar-refractivity contribution is -0.0487. The Labute approximate surface area is 166 Å². The number of ether oxygens (including phenoxy) is 1. The minimum Gasteiger partial charge on any atom is -0.387 e. The minimum absolute atomic E-state index is 0.226. The molecular weight excluding hydrogens is 409 g/mol. The number of nitrogen functional groups attached to an aromatic ring is 1. The number of aromatic nitrogens is 4. The van der Waals surface area contributed by atoms with Gasteiger partial charge in [-0.2, -0.15) is 0 Å². The Hall–Kier alpha value is -1.24. The lowest BCUT2D eigenvalue weighted by atomic mass is 10.1. The minimum atomic E-state index is -3.91. The van der Waals surface area contributed by atoms with Crippen LogP contribution >= 0.6 is 6.72 Å². The molecule has 13 heteroatoms. The zero-order valence-corrected chi connectivity index (χ0v) is 17.0. The summed E-state index contributed by atoms with van der Waals surface area (Å²) in [5, 5.41) is 20.6. The molecule has 11 nitrogen and oxygen atoms in total. The van der Waals surface area contributed by atoms with E-state index in [9.17, 15) is 20.0 Å². The van der Waals surface area contributed by atoms with Gasteiger partial charge >= 0.3 is 6.72 Å². The smallest absolute Gasteiger partial charge is 0.321 e. The van der Waals surface area contributed by atoms with Crippen LogP contribution in [0, 0.1) is 0 Å². The third-order valence-corrected chi connectivity index (χ3v) is 5.32. The maximum atomic E-state index is 10.4. The first-order valence-corrected chi connectivity index (χ1v) is 11.5. The number of unbranched alkanes of at least 4 members (excludes halogenated alkanes) is 2. The molecule has 1 aliphatic rings. The van der Waals surface area contributed by atoms with Crippen LogP contribution in [0.4, 0.5) is 5.82 Å². The summed E-state index contributed by atoms with van der Waals surface area (Å²) in [4.78, 5) is 31.3. The van der Waals surface area contributed by atoms with Crippen LogP contribution < -0.4 is 5.73 Å². The Morgan fingerprint density at radius 2 is 2.04 bits per heavy atom. The van der Waals surface area contributed by atoms with Crippen molar-refractivity contribution in [3.63, 3.8) is 0 Å². The van der Waals surface area contributed by atoms with E-state index in [1.807, 2.05) is 0 Å². The highest BCUT2D eigenvalue weighted by molar-refractivity contribution is 8.06.